The van der Waals surface area contributed by atoms with Crippen LogP contribution < -0.4 is 5.56 Å². The Bertz CT molecular complexity index is 652. The minimum absolute atomic E-state index is 0.129. The molecule has 1 aromatic carbocycles. The summed E-state index contributed by atoms with van der Waals surface area (Å²) in [6.45, 7) is 0.698. The smallest absolute Gasteiger partial charge is 0.271 e. The molecule has 3 rings (SSSR count). The maximum atomic E-state index is 12.4. The zero-order valence-corrected chi connectivity index (χ0v) is 11.2. The van der Waals surface area contributed by atoms with E-state index in [1.54, 1.807) is 4.57 Å². The van der Waals surface area contributed by atoms with Gasteiger partial charge >= 0.3 is 0 Å². The van der Waals surface area contributed by atoms with Crippen molar-refractivity contribution >= 4 is 11.8 Å². The zero-order valence-electron chi connectivity index (χ0n) is 10.4. The Balaban J connectivity index is 2.04. The number of aromatic nitrogens is 2. The van der Waals surface area contributed by atoms with Gasteiger partial charge in [0.15, 0.2) is 0 Å². The molecular formula is C14H14N2O2S. The third kappa shape index (κ3) is 2.38. The highest BCUT2D eigenvalue weighted by Gasteiger charge is 2.19. The van der Waals surface area contributed by atoms with Crippen molar-refractivity contribution in [2.75, 3.05) is 0 Å². The van der Waals surface area contributed by atoms with E-state index in [4.69, 9.17) is 0 Å². The summed E-state index contributed by atoms with van der Waals surface area (Å²) in [5.41, 5.74) is -0.129. The van der Waals surface area contributed by atoms with Crippen molar-refractivity contribution in [2.45, 2.75) is 35.6 Å². The fourth-order valence-corrected chi connectivity index (χ4v) is 3.10. The van der Waals surface area contributed by atoms with Crippen LogP contribution in [0.2, 0.25) is 0 Å². The quantitative estimate of drug-likeness (QED) is 0.914. The molecule has 2 heterocycles. The molecule has 0 radical (unpaired) electrons. The van der Waals surface area contributed by atoms with Gasteiger partial charge in [0.2, 0.25) is 5.88 Å². The summed E-state index contributed by atoms with van der Waals surface area (Å²) in [5.74, 6) is 0.554. The molecule has 0 spiro atoms. The second-order valence-corrected chi connectivity index (χ2v) is 5.59. The summed E-state index contributed by atoms with van der Waals surface area (Å²) in [7, 11) is 0. The summed E-state index contributed by atoms with van der Waals surface area (Å²) in [6, 6.07) is 9.55. The van der Waals surface area contributed by atoms with Gasteiger partial charge < -0.3 is 5.11 Å². The average molecular weight is 274 g/mol. The molecule has 98 valence electrons. The number of aryl methyl sites for hydroxylation is 1. The summed E-state index contributed by atoms with van der Waals surface area (Å²) in [4.78, 5) is 17.8. The Kier molecular flexibility index (Phi) is 3.29. The number of benzene rings is 1. The molecule has 1 N–H and O–H groups in total. The van der Waals surface area contributed by atoms with Gasteiger partial charge in [0.05, 0.1) is 0 Å². The lowest BCUT2D eigenvalue weighted by atomic mass is 10.1. The highest BCUT2D eigenvalue weighted by molar-refractivity contribution is 7.99. The first-order chi connectivity index (χ1) is 9.25. The van der Waals surface area contributed by atoms with Crippen LogP contribution in [0, 0.1) is 0 Å². The second-order valence-electron chi connectivity index (χ2n) is 4.51. The van der Waals surface area contributed by atoms with Gasteiger partial charge in [0.25, 0.3) is 5.56 Å². The maximum absolute atomic E-state index is 12.4. The lowest BCUT2D eigenvalue weighted by Gasteiger charge is -2.18. The molecule has 1 aliphatic rings. The largest absolute Gasteiger partial charge is 0.492 e. The van der Waals surface area contributed by atoms with Crippen molar-refractivity contribution in [1.29, 1.82) is 0 Å². The van der Waals surface area contributed by atoms with E-state index in [2.05, 4.69) is 4.98 Å². The fraction of sp³-hybridized carbons (Fsp3) is 0.286. The van der Waals surface area contributed by atoms with Crippen molar-refractivity contribution in [1.82, 2.24) is 9.55 Å². The Morgan fingerprint density at radius 1 is 1.21 bits per heavy atom. The van der Waals surface area contributed by atoms with Crippen LogP contribution in [0.4, 0.5) is 0 Å². The van der Waals surface area contributed by atoms with Crippen LogP contribution >= 0.6 is 11.8 Å². The number of hydrogen-bond donors (Lipinski definition) is 1. The van der Waals surface area contributed by atoms with Gasteiger partial charge in [-0.2, -0.15) is 4.98 Å². The zero-order chi connectivity index (χ0) is 13.2. The first kappa shape index (κ1) is 12.3. The predicted octanol–water partition coefficient (Wildman–Crippen LogP) is 2.44. The predicted molar refractivity (Wildman–Crippen MR) is 73.7 cm³/mol. The normalized spacial score (nSPS) is 14.1. The van der Waals surface area contributed by atoms with Crippen LogP contribution in [0.25, 0.3) is 0 Å². The Morgan fingerprint density at radius 3 is 2.79 bits per heavy atom. The topological polar surface area (TPSA) is 55.1 Å². The number of fused-ring (bicyclic) bond motifs is 1. The van der Waals surface area contributed by atoms with Gasteiger partial charge in [-0.3, -0.25) is 9.36 Å². The summed E-state index contributed by atoms with van der Waals surface area (Å²) in [6.07, 6.45) is 2.78. The van der Waals surface area contributed by atoms with Gasteiger partial charge in [0.1, 0.15) is 10.7 Å². The number of aromatic hydroxyl groups is 1. The van der Waals surface area contributed by atoms with Gasteiger partial charge in [-0.05, 0) is 25.0 Å². The first-order valence-electron chi connectivity index (χ1n) is 6.31. The van der Waals surface area contributed by atoms with E-state index in [0.29, 0.717) is 17.3 Å². The molecule has 0 atom stereocenters. The van der Waals surface area contributed by atoms with E-state index in [9.17, 15) is 9.90 Å². The van der Waals surface area contributed by atoms with Crippen LogP contribution in [0.5, 0.6) is 5.88 Å². The first-order valence-corrected chi connectivity index (χ1v) is 7.13. The fourth-order valence-electron chi connectivity index (χ4n) is 2.24. The van der Waals surface area contributed by atoms with Gasteiger partial charge in [-0.15, -0.1) is 0 Å². The summed E-state index contributed by atoms with van der Waals surface area (Å²) >= 11 is 1.27. The Morgan fingerprint density at radius 2 is 2.00 bits per heavy atom. The van der Waals surface area contributed by atoms with E-state index < -0.39 is 0 Å². The third-order valence-electron chi connectivity index (χ3n) is 3.18. The van der Waals surface area contributed by atoms with Gasteiger partial charge in [-0.1, -0.05) is 30.0 Å². The molecule has 0 amide bonds. The molecule has 0 saturated heterocycles. The molecular weight excluding hydrogens is 260 g/mol. The number of hydrogen-bond acceptors (Lipinski definition) is 4. The van der Waals surface area contributed by atoms with Gasteiger partial charge in [0, 0.05) is 17.9 Å². The maximum Gasteiger partial charge on any atom is 0.271 e. The molecule has 0 aliphatic carbocycles. The SMILES string of the molecule is O=c1c(Sc2ccccc2)c(O)nc2n1CCCC2. The second kappa shape index (κ2) is 5.09. The van der Waals surface area contributed by atoms with E-state index in [1.165, 1.54) is 11.8 Å². The highest BCUT2D eigenvalue weighted by atomic mass is 32.2. The molecule has 0 bridgehead atoms. The molecule has 0 unspecified atom stereocenters. The van der Waals surface area contributed by atoms with Crippen LogP contribution in [0.15, 0.2) is 44.9 Å². The van der Waals surface area contributed by atoms with Crippen LogP contribution in [-0.2, 0) is 13.0 Å². The third-order valence-corrected chi connectivity index (χ3v) is 4.25. The van der Waals surface area contributed by atoms with E-state index >= 15 is 0 Å². The monoisotopic (exact) mass is 274 g/mol. The standard InChI is InChI=1S/C14H14N2O2S/c17-13-12(19-10-6-2-1-3-7-10)14(18)16-9-5-4-8-11(16)15-13/h1-3,6-7,17H,4-5,8-9H2. The van der Waals surface area contributed by atoms with Crippen molar-refractivity contribution < 1.29 is 5.11 Å². The van der Waals surface area contributed by atoms with Crippen LogP contribution in [-0.4, -0.2) is 14.7 Å². The van der Waals surface area contributed by atoms with Gasteiger partial charge in [-0.25, -0.2) is 0 Å². The molecule has 5 heteroatoms. The van der Waals surface area contributed by atoms with Crippen molar-refractivity contribution in [3.8, 4) is 5.88 Å². The van der Waals surface area contributed by atoms with Crippen molar-refractivity contribution in [2.24, 2.45) is 0 Å². The van der Waals surface area contributed by atoms with E-state index in [-0.39, 0.29) is 11.4 Å². The lowest BCUT2D eigenvalue weighted by Crippen LogP contribution is -2.29. The molecule has 1 aliphatic heterocycles. The molecule has 4 nitrogen and oxygen atoms in total. The molecule has 0 saturated carbocycles. The highest BCUT2D eigenvalue weighted by Crippen LogP contribution is 2.30. The molecule has 0 fully saturated rings. The minimum atomic E-state index is -0.146. The molecule has 19 heavy (non-hydrogen) atoms. The van der Waals surface area contributed by atoms with Crippen LogP contribution in [0.1, 0.15) is 18.7 Å². The van der Waals surface area contributed by atoms with E-state index in [0.717, 1.165) is 24.2 Å². The lowest BCUT2D eigenvalue weighted by molar-refractivity contribution is 0.407. The Labute approximate surface area is 115 Å². The summed E-state index contributed by atoms with van der Waals surface area (Å²) < 4.78 is 1.69. The number of rotatable bonds is 2. The molecule has 1 aromatic heterocycles. The average Bonchev–Trinajstić information content (AvgIpc) is 2.45. The minimum Gasteiger partial charge on any atom is -0.492 e. The molecule has 2 aromatic rings. The number of nitrogens with zero attached hydrogens (tertiary/aromatic N) is 2. The summed E-state index contributed by atoms with van der Waals surface area (Å²) in [5, 5.41) is 9.96. The van der Waals surface area contributed by atoms with Crippen molar-refractivity contribution in [3.63, 3.8) is 0 Å². The Hall–Kier alpha value is -1.75. The van der Waals surface area contributed by atoms with Crippen molar-refractivity contribution in [3.05, 3.63) is 46.5 Å². The van der Waals surface area contributed by atoms with Crippen LogP contribution in [0.3, 0.4) is 0 Å². The van der Waals surface area contributed by atoms with E-state index in [1.807, 2.05) is 30.3 Å².